The number of benzene rings is 1. The van der Waals surface area contributed by atoms with Gasteiger partial charge in [-0.25, -0.2) is 4.98 Å². The van der Waals surface area contributed by atoms with Crippen molar-refractivity contribution in [2.24, 2.45) is 0 Å². The topological polar surface area (TPSA) is 36.8 Å². The van der Waals surface area contributed by atoms with Crippen molar-refractivity contribution in [2.45, 2.75) is 25.4 Å². The highest BCUT2D eigenvalue weighted by molar-refractivity contribution is 5.80. The minimum Gasteiger partial charge on any atom is -0.380 e. The summed E-state index contributed by atoms with van der Waals surface area (Å²) in [7, 11) is 0. The van der Waals surface area contributed by atoms with Crippen molar-refractivity contribution in [3.8, 4) is 0 Å². The van der Waals surface area contributed by atoms with Crippen LogP contribution < -0.4 is 4.90 Å². The molecule has 2 aromatic rings. The molecule has 0 N–H and O–H groups in total. The van der Waals surface area contributed by atoms with Crippen LogP contribution in [-0.4, -0.2) is 77.9 Å². The van der Waals surface area contributed by atoms with E-state index in [1.807, 2.05) is 0 Å². The van der Waals surface area contributed by atoms with E-state index >= 15 is 0 Å². The summed E-state index contributed by atoms with van der Waals surface area (Å²) in [5.74, 6) is 1.23. The van der Waals surface area contributed by atoms with Crippen LogP contribution in [0.4, 0.5) is 5.69 Å². The molecule has 6 heteroatoms. The molecule has 152 valence electrons. The third-order valence-electron chi connectivity index (χ3n) is 7.01. The van der Waals surface area contributed by atoms with Crippen LogP contribution in [0, 0.1) is 0 Å². The van der Waals surface area contributed by atoms with Crippen molar-refractivity contribution in [1.82, 2.24) is 19.4 Å². The fourth-order valence-electron chi connectivity index (χ4n) is 5.17. The van der Waals surface area contributed by atoms with Gasteiger partial charge in [0.1, 0.15) is 5.82 Å². The van der Waals surface area contributed by atoms with Crippen molar-refractivity contribution < 1.29 is 4.74 Å². The zero-order chi connectivity index (χ0) is 19.2. The van der Waals surface area contributed by atoms with E-state index in [0.717, 1.165) is 71.0 Å². The Kier molecular flexibility index (Phi) is 4.35. The first-order valence-corrected chi connectivity index (χ1v) is 11.0. The Balaban J connectivity index is 1.20. The van der Waals surface area contributed by atoms with Crippen LogP contribution in [0.3, 0.4) is 0 Å². The zero-order valence-corrected chi connectivity index (χ0v) is 17.0. The van der Waals surface area contributed by atoms with Gasteiger partial charge in [0.2, 0.25) is 0 Å². The maximum absolute atomic E-state index is 5.58. The van der Waals surface area contributed by atoms with Crippen molar-refractivity contribution >= 4 is 16.7 Å². The number of hydrogen-bond donors (Lipinski definition) is 0. The van der Waals surface area contributed by atoms with E-state index in [-0.39, 0.29) is 0 Å². The molecule has 1 unspecified atom stereocenters. The zero-order valence-electron chi connectivity index (χ0n) is 17.0. The molecule has 0 radical (unpaired) electrons. The molecule has 4 aliphatic rings. The molecular weight excluding hydrogens is 362 g/mol. The van der Waals surface area contributed by atoms with Crippen LogP contribution in [0.1, 0.15) is 12.2 Å². The van der Waals surface area contributed by atoms with Gasteiger partial charge in [0.25, 0.3) is 0 Å². The molecule has 4 heterocycles. The van der Waals surface area contributed by atoms with Gasteiger partial charge in [-0.3, -0.25) is 4.90 Å². The van der Waals surface area contributed by atoms with E-state index < -0.39 is 0 Å². The van der Waals surface area contributed by atoms with Crippen LogP contribution in [0.2, 0.25) is 0 Å². The molecule has 0 bridgehead atoms. The Bertz CT molecular complexity index is 963. The molecule has 6 nitrogen and oxygen atoms in total. The summed E-state index contributed by atoms with van der Waals surface area (Å²) in [5.41, 5.74) is 5.14. The second-order valence-corrected chi connectivity index (χ2v) is 8.58. The Labute approximate surface area is 172 Å². The van der Waals surface area contributed by atoms with Gasteiger partial charge in [0.05, 0.1) is 17.6 Å². The molecule has 2 saturated heterocycles. The van der Waals surface area contributed by atoms with Crippen LogP contribution in [0.15, 0.2) is 42.1 Å². The summed E-state index contributed by atoms with van der Waals surface area (Å²) in [6.07, 6.45) is 8.75. The number of fused-ring (bicyclic) bond motifs is 3. The van der Waals surface area contributed by atoms with E-state index in [9.17, 15) is 0 Å². The standard InChI is InChI=1S/C23H29N5O/c1-2-18(3-1)25-8-6-23-24-21-5-4-19(16-22(21)28(23)14-13-25)26-9-11-27(12-10-26)20-7-15-29-17-20/h1-5,16,20H,6-15,17H2. The lowest BCUT2D eigenvalue weighted by atomic mass is 10.1. The number of imidazole rings is 1. The maximum atomic E-state index is 5.58. The van der Waals surface area contributed by atoms with Gasteiger partial charge in [0.15, 0.2) is 0 Å². The molecule has 1 aromatic heterocycles. The molecule has 2 fully saturated rings. The number of ether oxygens (including phenoxy) is 1. The first-order valence-electron chi connectivity index (χ1n) is 11.0. The van der Waals surface area contributed by atoms with E-state index in [0.29, 0.717) is 6.04 Å². The molecule has 0 saturated carbocycles. The van der Waals surface area contributed by atoms with Gasteiger partial charge < -0.3 is 19.1 Å². The number of nitrogens with zero attached hydrogens (tertiary/aromatic N) is 5. The molecule has 3 aliphatic heterocycles. The molecule has 6 rings (SSSR count). The fraction of sp³-hybridized carbons (Fsp3) is 0.522. The molecule has 1 aromatic carbocycles. The lowest BCUT2D eigenvalue weighted by molar-refractivity contribution is 0.139. The monoisotopic (exact) mass is 391 g/mol. The molecule has 0 spiro atoms. The summed E-state index contributed by atoms with van der Waals surface area (Å²) in [6, 6.07) is 7.49. The summed E-state index contributed by atoms with van der Waals surface area (Å²) in [6.45, 7) is 9.42. The van der Waals surface area contributed by atoms with Gasteiger partial charge in [0, 0.05) is 76.3 Å². The van der Waals surface area contributed by atoms with Crippen LogP contribution in [0.5, 0.6) is 0 Å². The van der Waals surface area contributed by atoms with Gasteiger partial charge >= 0.3 is 0 Å². The van der Waals surface area contributed by atoms with Gasteiger partial charge in [-0.2, -0.15) is 0 Å². The second-order valence-electron chi connectivity index (χ2n) is 8.58. The Hall–Kier alpha value is -2.31. The minimum absolute atomic E-state index is 0.633. The normalized spacial score (nSPS) is 25.1. The first-order chi connectivity index (χ1) is 14.3. The Morgan fingerprint density at radius 1 is 0.966 bits per heavy atom. The van der Waals surface area contributed by atoms with E-state index in [1.54, 1.807) is 0 Å². The third kappa shape index (κ3) is 3.15. The number of rotatable bonds is 3. The smallest absolute Gasteiger partial charge is 0.111 e. The average Bonchev–Trinajstić information content (AvgIpc) is 3.32. The highest BCUT2D eigenvalue weighted by Crippen LogP contribution is 2.27. The molecule has 1 atom stereocenters. The minimum atomic E-state index is 0.633. The number of aromatic nitrogens is 2. The number of anilines is 1. The van der Waals surface area contributed by atoms with Crippen molar-refractivity contribution in [3.05, 3.63) is 47.9 Å². The van der Waals surface area contributed by atoms with Crippen LogP contribution in [-0.2, 0) is 17.7 Å². The number of hydrogen-bond acceptors (Lipinski definition) is 5. The van der Waals surface area contributed by atoms with Crippen molar-refractivity contribution in [3.63, 3.8) is 0 Å². The third-order valence-corrected chi connectivity index (χ3v) is 7.01. The molecule has 0 amide bonds. The largest absolute Gasteiger partial charge is 0.380 e. The van der Waals surface area contributed by atoms with E-state index in [1.165, 1.54) is 29.1 Å². The molecule has 29 heavy (non-hydrogen) atoms. The summed E-state index contributed by atoms with van der Waals surface area (Å²) < 4.78 is 8.03. The summed E-state index contributed by atoms with van der Waals surface area (Å²) >= 11 is 0. The quantitative estimate of drug-likeness (QED) is 0.802. The van der Waals surface area contributed by atoms with Crippen molar-refractivity contribution in [1.29, 1.82) is 0 Å². The number of allylic oxidation sites excluding steroid dienone is 3. The lowest BCUT2D eigenvalue weighted by Crippen LogP contribution is -2.50. The maximum Gasteiger partial charge on any atom is 0.111 e. The predicted octanol–water partition coefficient (Wildman–Crippen LogP) is 2.26. The van der Waals surface area contributed by atoms with E-state index in [4.69, 9.17) is 9.72 Å². The Morgan fingerprint density at radius 3 is 2.59 bits per heavy atom. The highest BCUT2D eigenvalue weighted by atomic mass is 16.5. The van der Waals surface area contributed by atoms with Gasteiger partial charge in [-0.15, -0.1) is 0 Å². The summed E-state index contributed by atoms with van der Waals surface area (Å²) in [5, 5.41) is 0. The second kappa shape index (κ2) is 7.18. The highest BCUT2D eigenvalue weighted by Gasteiger charge is 2.27. The first kappa shape index (κ1) is 17.5. The molecule has 1 aliphatic carbocycles. The summed E-state index contributed by atoms with van der Waals surface area (Å²) in [4.78, 5) is 12.6. The van der Waals surface area contributed by atoms with Crippen LogP contribution >= 0.6 is 0 Å². The number of piperazine rings is 1. The molecular formula is C23H29N5O. The van der Waals surface area contributed by atoms with Gasteiger partial charge in [-0.05, 0) is 36.8 Å². The fourth-order valence-corrected chi connectivity index (χ4v) is 5.17. The average molecular weight is 392 g/mol. The van der Waals surface area contributed by atoms with Gasteiger partial charge in [-0.1, -0.05) is 6.08 Å². The SMILES string of the molecule is C1=CC(N2CCc3nc4ccc(N5CCN(C6CCOC6)CC5)cc4n3CC2)=C1. The predicted molar refractivity (Wildman–Crippen MR) is 115 cm³/mol. The van der Waals surface area contributed by atoms with E-state index in [2.05, 4.69) is 55.7 Å². The Morgan fingerprint density at radius 2 is 1.83 bits per heavy atom. The lowest BCUT2D eigenvalue weighted by Gasteiger charge is -2.38. The van der Waals surface area contributed by atoms with Crippen molar-refractivity contribution in [2.75, 3.05) is 57.4 Å². The van der Waals surface area contributed by atoms with Crippen LogP contribution in [0.25, 0.3) is 11.0 Å².